The van der Waals surface area contributed by atoms with Crippen LogP contribution in [0.2, 0.25) is 0 Å². The summed E-state index contributed by atoms with van der Waals surface area (Å²) in [6.45, 7) is 1.43. The third-order valence-electron chi connectivity index (χ3n) is 3.69. The monoisotopic (exact) mass is 296 g/mol. The lowest BCUT2D eigenvalue weighted by molar-refractivity contribution is -0.127. The molecule has 110 valence electrons. The summed E-state index contributed by atoms with van der Waals surface area (Å²) in [5.41, 5.74) is 0. The summed E-state index contributed by atoms with van der Waals surface area (Å²) in [4.78, 5) is 16.3. The number of nitrogens with zero attached hydrogens (tertiary/aromatic N) is 1. The maximum Gasteiger partial charge on any atom is 0.246 e. The molecule has 2 aliphatic rings. The molecule has 20 heavy (non-hydrogen) atoms. The van der Waals surface area contributed by atoms with Crippen molar-refractivity contribution in [2.24, 2.45) is 5.92 Å². The number of carbonyl (C=O) groups is 1. The fourth-order valence-corrected chi connectivity index (χ4v) is 3.25. The van der Waals surface area contributed by atoms with Crippen molar-refractivity contribution >= 4 is 17.2 Å². The zero-order valence-electron chi connectivity index (χ0n) is 11.4. The molecule has 1 aromatic rings. The van der Waals surface area contributed by atoms with Crippen LogP contribution in [-0.4, -0.2) is 36.8 Å². The molecule has 1 amide bonds. The van der Waals surface area contributed by atoms with Crippen LogP contribution in [0.5, 0.6) is 0 Å². The first-order valence-electron chi connectivity index (χ1n) is 7.21. The first-order valence-corrected chi connectivity index (χ1v) is 8.09. The van der Waals surface area contributed by atoms with Gasteiger partial charge in [0.1, 0.15) is 11.6 Å². The largest absolute Gasteiger partial charge is 0.376 e. The molecule has 6 heteroatoms. The first kappa shape index (κ1) is 14.0. The second kappa shape index (κ2) is 6.65. The second-order valence-corrected chi connectivity index (χ2v) is 6.33. The number of rotatable bonds is 7. The topological polar surface area (TPSA) is 60.5 Å². The van der Waals surface area contributed by atoms with Gasteiger partial charge >= 0.3 is 0 Å². The summed E-state index contributed by atoms with van der Waals surface area (Å²) in [6, 6.07) is 0.0637. The lowest BCUT2D eigenvalue weighted by Crippen LogP contribution is -2.33. The third-order valence-corrected chi connectivity index (χ3v) is 4.55. The van der Waals surface area contributed by atoms with Crippen LogP contribution in [-0.2, 0) is 14.3 Å². The number of hydrogen-bond acceptors (Lipinski definition) is 5. The van der Waals surface area contributed by atoms with Crippen molar-refractivity contribution in [3.8, 4) is 0 Å². The Bertz CT molecular complexity index is 428. The van der Waals surface area contributed by atoms with Crippen LogP contribution in [0, 0.1) is 5.92 Å². The fourth-order valence-electron chi connectivity index (χ4n) is 2.47. The van der Waals surface area contributed by atoms with Gasteiger partial charge in [0.2, 0.25) is 5.91 Å². The summed E-state index contributed by atoms with van der Waals surface area (Å²) in [5, 5.41) is 6.00. The maximum atomic E-state index is 12.0. The van der Waals surface area contributed by atoms with Crippen LogP contribution < -0.4 is 5.32 Å². The number of hydrogen-bond donors (Lipinski definition) is 1. The number of ether oxygens (including phenoxy) is 2. The van der Waals surface area contributed by atoms with E-state index in [1.54, 1.807) is 17.5 Å². The molecule has 0 aromatic carbocycles. The maximum absolute atomic E-state index is 12.0. The standard InChI is InChI=1S/C14H20N2O3S/c17-12(9-18-8-11-2-1-6-19-11)16-13(10-3-4-10)14-15-5-7-20-14/h5,7,10-11,13H,1-4,6,8-9H2,(H,16,17)/t11-,13-/m0/s1. The summed E-state index contributed by atoms with van der Waals surface area (Å²) in [6.07, 6.45) is 6.42. The smallest absolute Gasteiger partial charge is 0.246 e. The zero-order chi connectivity index (χ0) is 13.8. The van der Waals surface area contributed by atoms with Crippen molar-refractivity contribution in [2.75, 3.05) is 19.8 Å². The van der Waals surface area contributed by atoms with Crippen LogP contribution >= 0.6 is 11.3 Å². The average molecular weight is 296 g/mol. The highest BCUT2D eigenvalue weighted by Crippen LogP contribution is 2.41. The van der Waals surface area contributed by atoms with E-state index in [4.69, 9.17) is 9.47 Å². The number of aromatic nitrogens is 1. The molecule has 0 radical (unpaired) electrons. The molecule has 1 saturated heterocycles. The molecule has 2 atom stereocenters. The van der Waals surface area contributed by atoms with E-state index in [9.17, 15) is 4.79 Å². The molecule has 2 heterocycles. The molecular formula is C14H20N2O3S. The van der Waals surface area contributed by atoms with E-state index in [1.165, 1.54) is 12.8 Å². The van der Waals surface area contributed by atoms with Gasteiger partial charge in [-0.25, -0.2) is 4.98 Å². The van der Waals surface area contributed by atoms with Gasteiger partial charge in [0.05, 0.1) is 18.8 Å². The van der Waals surface area contributed by atoms with Gasteiger partial charge in [-0.3, -0.25) is 4.79 Å². The van der Waals surface area contributed by atoms with Gasteiger partial charge in [-0.2, -0.15) is 0 Å². The number of thiazole rings is 1. The fraction of sp³-hybridized carbons (Fsp3) is 0.714. The second-order valence-electron chi connectivity index (χ2n) is 5.40. The van der Waals surface area contributed by atoms with E-state index in [0.717, 1.165) is 24.5 Å². The number of amides is 1. The minimum Gasteiger partial charge on any atom is -0.376 e. The predicted octanol–water partition coefficient (Wildman–Crippen LogP) is 1.91. The van der Waals surface area contributed by atoms with Crippen LogP contribution in [0.1, 0.15) is 36.7 Å². The molecule has 0 bridgehead atoms. The van der Waals surface area contributed by atoms with Gasteiger partial charge in [-0.05, 0) is 31.6 Å². The Morgan fingerprint density at radius 2 is 2.45 bits per heavy atom. The van der Waals surface area contributed by atoms with Gasteiger partial charge in [0.25, 0.3) is 0 Å². The van der Waals surface area contributed by atoms with E-state index in [2.05, 4.69) is 10.3 Å². The van der Waals surface area contributed by atoms with Crippen LogP contribution in [0.3, 0.4) is 0 Å². The zero-order valence-corrected chi connectivity index (χ0v) is 12.2. The molecular weight excluding hydrogens is 276 g/mol. The minimum atomic E-state index is -0.0601. The molecule has 1 saturated carbocycles. The first-order chi connectivity index (χ1) is 9.83. The molecule has 0 spiro atoms. The molecule has 0 unspecified atom stereocenters. The molecule has 3 rings (SSSR count). The Morgan fingerprint density at radius 1 is 1.55 bits per heavy atom. The van der Waals surface area contributed by atoms with Crippen LogP contribution in [0.4, 0.5) is 0 Å². The third kappa shape index (κ3) is 3.77. The molecule has 1 aromatic heterocycles. The molecule has 1 aliphatic carbocycles. The number of nitrogens with one attached hydrogen (secondary N) is 1. The SMILES string of the molecule is O=C(COC[C@@H]1CCCO1)N[C@H](c1nccs1)C1CC1. The Balaban J connectivity index is 1.42. The van der Waals surface area contributed by atoms with E-state index in [-0.39, 0.29) is 24.7 Å². The van der Waals surface area contributed by atoms with Gasteiger partial charge < -0.3 is 14.8 Å². The van der Waals surface area contributed by atoms with Crippen molar-refractivity contribution in [1.82, 2.24) is 10.3 Å². The van der Waals surface area contributed by atoms with Crippen molar-refractivity contribution in [2.45, 2.75) is 37.8 Å². The summed E-state index contributed by atoms with van der Waals surface area (Å²) in [7, 11) is 0. The highest BCUT2D eigenvalue weighted by Gasteiger charge is 2.34. The van der Waals surface area contributed by atoms with E-state index in [0.29, 0.717) is 12.5 Å². The predicted molar refractivity (Wildman–Crippen MR) is 75.5 cm³/mol. The minimum absolute atomic E-state index is 0.0601. The van der Waals surface area contributed by atoms with Crippen molar-refractivity contribution in [3.05, 3.63) is 16.6 Å². The molecule has 1 N–H and O–H groups in total. The van der Waals surface area contributed by atoms with E-state index >= 15 is 0 Å². The highest BCUT2D eigenvalue weighted by molar-refractivity contribution is 7.09. The summed E-state index contributed by atoms with van der Waals surface area (Å²) < 4.78 is 10.9. The van der Waals surface area contributed by atoms with E-state index in [1.807, 2.05) is 5.38 Å². The van der Waals surface area contributed by atoms with Crippen molar-refractivity contribution in [1.29, 1.82) is 0 Å². The Kier molecular flexibility index (Phi) is 4.65. The van der Waals surface area contributed by atoms with E-state index < -0.39 is 0 Å². The van der Waals surface area contributed by atoms with Gasteiger partial charge in [-0.15, -0.1) is 11.3 Å². The van der Waals surface area contributed by atoms with Crippen LogP contribution in [0.15, 0.2) is 11.6 Å². The van der Waals surface area contributed by atoms with Crippen molar-refractivity contribution < 1.29 is 14.3 Å². The Hall–Kier alpha value is -0.980. The van der Waals surface area contributed by atoms with Gasteiger partial charge in [-0.1, -0.05) is 0 Å². The Labute approximate surface area is 122 Å². The molecule has 2 fully saturated rings. The van der Waals surface area contributed by atoms with Gasteiger partial charge in [0, 0.05) is 18.2 Å². The lowest BCUT2D eigenvalue weighted by atomic mass is 10.2. The molecule has 5 nitrogen and oxygen atoms in total. The van der Waals surface area contributed by atoms with Gasteiger partial charge in [0.15, 0.2) is 0 Å². The lowest BCUT2D eigenvalue weighted by Gasteiger charge is -2.16. The van der Waals surface area contributed by atoms with Crippen LogP contribution in [0.25, 0.3) is 0 Å². The normalized spacial score (nSPS) is 23.7. The average Bonchev–Trinajstić information content (AvgIpc) is 2.93. The number of carbonyl (C=O) groups excluding carboxylic acids is 1. The molecule has 1 aliphatic heterocycles. The Morgan fingerprint density at radius 3 is 3.10 bits per heavy atom. The summed E-state index contributed by atoms with van der Waals surface area (Å²) >= 11 is 1.60. The van der Waals surface area contributed by atoms with Crippen molar-refractivity contribution in [3.63, 3.8) is 0 Å². The summed E-state index contributed by atoms with van der Waals surface area (Å²) in [5.74, 6) is 0.485. The highest BCUT2D eigenvalue weighted by atomic mass is 32.1. The quantitative estimate of drug-likeness (QED) is 0.835.